The van der Waals surface area contributed by atoms with Gasteiger partial charge in [-0.25, -0.2) is 13.1 Å². The van der Waals surface area contributed by atoms with Crippen LogP contribution in [-0.4, -0.2) is 45.6 Å². The van der Waals surface area contributed by atoms with E-state index in [4.69, 9.17) is 4.74 Å². The number of sulfonamides is 1. The maximum absolute atomic E-state index is 12.7. The fourth-order valence-corrected chi connectivity index (χ4v) is 4.66. The minimum Gasteiger partial charge on any atom is -0.495 e. The standard InChI is InChI=1S/C16H24N2O3S/c1-12-3-6-15(21-2)16(11-12)22(19,20)17-13-7-9-18(10-8-13)14-4-5-14/h3,6,11,13-14,17H,4-5,7-10H2,1-2H3. The zero-order chi connectivity index (χ0) is 15.7. The molecule has 0 aromatic heterocycles. The van der Waals surface area contributed by atoms with Crippen LogP contribution in [0.15, 0.2) is 23.1 Å². The molecule has 1 heterocycles. The van der Waals surface area contributed by atoms with Gasteiger partial charge in [-0.3, -0.25) is 0 Å². The number of nitrogens with zero attached hydrogens (tertiary/aromatic N) is 1. The zero-order valence-corrected chi connectivity index (χ0v) is 14.0. The third kappa shape index (κ3) is 3.45. The highest BCUT2D eigenvalue weighted by atomic mass is 32.2. The van der Waals surface area contributed by atoms with E-state index in [1.807, 2.05) is 13.0 Å². The Kier molecular flexibility index (Phi) is 4.43. The number of rotatable bonds is 5. The second kappa shape index (κ2) is 6.18. The average Bonchev–Trinajstić information content (AvgIpc) is 3.32. The highest BCUT2D eigenvalue weighted by Gasteiger charge is 2.33. The van der Waals surface area contributed by atoms with E-state index in [0.717, 1.165) is 37.5 Å². The van der Waals surface area contributed by atoms with Gasteiger partial charge in [-0.2, -0.15) is 0 Å². The fourth-order valence-electron chi connectivity index (χ4n) is 3.10. The predicted octanol–water partition coefficient (Wildman–Crippen LogP) is 1.91. The molecule has 1 aromatic carbocycles. The number of ether oxygens (including phenoxy) is 1. The van der Waals surface area contributed by atoms with Crippen molar-refractivity contribution in [2.75, 3.05) is 20.2 Å². The van der Waals surface area contributed by atoms with Crippen LogP contribution in [0.2, 0.25) is 0 Å². The van der Waals surface area contributed by atoms with Gasteiger partial charge in [0.1, 0.15) is 10.6 Å². The van der Waals surface area contributed by atoms with Crippen molar-refractivity contribution in [3.8, 4) is 5.75 Å². The topological polar surface area (TPSA) is 58.6 Å². The normalized spacial score (nSPS) is 21.0. The minimum absolute atomic E-state index is 0.0187. The molecule has 5 nitrogen and oxygen atoms in total. The van der Waals surface area contributed by atoms with Crippen LogP contribution >= 0.6 is 0 Å². The average molecular weight is 324 g/mol. The van der Waals surface area contributed by atoms with E-state index in [9.17, 15) is 8.42 Å². The maximum atomic E-state index is 12.7. The second-order valence-corrected chi connectivity index (χ2v) is 8.00. The number of aryl methyl sites for hydroxylation is 1. The quantitative estimate of drug-likeness (QED) is 0.899. The number of piperidine rings is 1. The molecule has 22 heavy (non-hydrogen) atoms. The summed E-state index contributed by atoms with van der Waals surface area (Å²) < 4.78 is 33.4. The molecule has 2 aliphatic rings. The molecule has 1 N–H and O–H groups in total. The Morgan fingerprint density at radius 1 is 1.18 bits per heavy atom. The molecule has 0 unspecified atom stereocenters. The van der Waals surface area contributed by atoms with Crippen molar-refractivity contribution in [3.63, 3.8) is 0 Å². The number of methoxy groups -OCH3 is 1. The van der Waals surface area contributed by atoms with Gasteiger partial charge in [0.05, 0.1) is 7.11 Å². The van der Waals surface area contributed by atoms with Crippen molar-refractivity contribution in [3.05, 3.63) is 23.8 Å². The Balaban J connectivity index is 1.69. The van der Waals surface area contributed by atoms with Crippen LogP contribution in [0, 0.1) is 6.92 Å². The Hall–Kier alpha value is -1.11. The van der Waals surface area contributed by atoms with Gasteiger partial charge < -0.3 is 9.64 Å². The first kappa shape index (κ1) is 15.8. The van der Waals surface area contributed by atoms with Crippen LogP contribution in [0.1, 0.15) is 31.2 Å². The molecule has 1 aliphatic carbocycles. The van der Waals surface area contributed by atoms with Crippen molar-refractivity contribution in [2.24, 2.45) is 0 Å². The van der Waals surface area contributed by atoms with Crippen molar-refractivity contribution in [1.82, 2.24) is 9.62 Å². The van der Waals surface area contributed by atoms with Crippen LogP contribution in [-0.2, 0) is 10.0 Å². The summed E-state index contributed by atoms with van der Waals surface area (Å²) in [7, 11) is -2.04. The smallest absolute Gasteiger partial charge is 0.244 e. The summed E-state index contributed by atoms with van der Waals surface area (Å²) in [5, 5.41) is 0. The fraction of sp³-hybridized carbons (Fsp3) is 0.625. The van der Waals surface area contributed by atoms with Gasteiger partial charge in [0.25, 0.3) is 0 Å². The molecule has 1 aliphatic heterocycles. The van der Waals surface area contributed by atoms with Gasteiger partial charge in [0, 0.05) is 12.1 Å². The van der Waals surface area contributed by atoms with Gasteiger partial charge in [-0.1, -0.05) is 6.07 Å². The maximum Gasteiger partial charge on any atom is 0.244 e. The molecule has 1 saturated heterocycles. The zero-order valence-electron chi connectivity index (χ0n) is 13.2. The monoisotopic (exact) mass is 324 g/mol. The number of hydrogen-bond donors (Lipinski definition) is 1. The lowest BCUT2D eigenvalue weighted by atomic mass is 10.1. The van der Waals surface area contributed by atoms with E-state index < -0.39 is 10.0 Å². The second-order valence-electron chi connectivity index (χ2n) is 6.32. The number of hydrogen-bond acceptors (Lipinski definition) is 4. The Morgan fingerprint density at radius 2 is 1.86 bits per heavy atom. The first-order chi connectivity index (χ1) is 10.5. The predicted molar refractivity (Wildman–Crippen MR) is 85.7 cm³/mol. The number of benzene rings is 1. The highest BCUT2D eigenvalue weighted by molar-refractivity contribution is 7.89. The van der Waals surface area contributed by atoms with Gasteiger partial charge in [0.2, 0.25) is 10.0 Å². The summed E-state index contributed by atoms with van der Waals surface area (Å²) in [6, 6.07) is 6.01. The lowest BCUT2D eigenvalue weighted by Crippen LogP contribution is -2.45. The molecule has 0 atom stereocenters. The first-order valence-corrected chi connectivity index (χ1v) is 9.39. The lowest BCUT2D eigenvalue weighted by Gasteiger charge is -2.32. The first-order valence-electron chi connectivity index (χ1n) is 7.90. The van der Waals surface area contributed by atoms with Crippen LogP contribution < -0.4 is 9.46 Å². The molecule has 122 valence electrons. The van der Waals surface area contributed by atoms with Crippen molar-refractivity contribution < 1.29 is 13.2 Å². The molecule has 1 aromatic rings. The molecule has 0 amide bonds. The molecule has 2 fully saturated rings. The number of nitrogens with one attached hydrogen (secondary N) is 1. The molecule has 0 radical (unpaired) electrons. The minimum atomic E-state index is -3.54. The molecular formula is C16H24N2O3S. The van der Waals surface area contributed by atoms with Crippen LogP contribution in [0.5, 0.6) is 5.75 Å². The van der Waals surface area contributed by atoms with Gasteiger partial charge in [-0.15, -0.1) is 0 Å². The Bertz CT molecular complexity index is 633. The van der Waals surface area contributed by atoms with Crippen molar-refractivity contribution >= 4 is 10.0 Å². The molecule has 6 heteroatoms. The van der Waals surface area contributed by atoms with E-state index in [1.165, 1.54) is 20.0 Å². The summed E-state index contributed by atoms with van der Waals surface area (Å²) in [5.74, 6) is 0.397. The van der Waals surface area contributed by atoms with E-state index in [-0.39, 0.29) is 10.9 Å². The lowest BCUT2D eigenvalue weighted by molar-refractivity contribution is 0.199. The summed E-state index contributed by atoms with van der Waals surface area (Å²) >= 11 is 0. The highest BCUT2D eigenvalue weighted by Crippen LogP contribution is 2.30. The molecule has 0 spiro atoms. The molecule has 0 bridgehead atoms. The van der Waals surface area contributed by atoms with E-state index >= 15 is 0 Å². The molecule has 1 saturated carbocycles. The van der Waals surface area contributed by atoms with Gasteiger partial charge in [-0.05, 0) is 63.4 Å². The van der Waals surface area contributed by atoms with E-state index in [2.05, 4.69) is 9.62 Å². The summed E-state index contributed by atoms with van der Waals surface area (Å²) in [5.41, 5.74) is 0.907. The summed E-state index contributed by atoms with van der Waals surface area (Å²) in [4.78, 5) is 2.72. The summed E-state index contributed by atoms with van der Waals surface area (Å²) in [6.45, 7) is 3.86. The largest absolute Gasteiger partial charge is 0.495 e. The van der Waals surface area contributed by atoms with Gasteiger partial charge >= 0.3 is 0 Å². The van der Waals surface area contributed by atoms with Crippen LogP contribution in [0.25, 0.3) is 0 Å². The van der Waals surface area contributed by atoms with Gasteiger partial charge in [0.15, 0.2) is 0 Å². The van der Waals surface area contributed by atoms with E-state index in [0.29, 0.717) is 5.75 Å². The third-order valence-corrected chi connectivity index (χ3v) is 6.06. The SMILES string of the molecule is COc1ccc(C)cc1S(=O)(=O)NC1CCN(C2CC2)CC1. The Morgan fingerprint density at radius 3 is 2.45 bits per heavy atom. The van der Waals surface area contributed by atoms with Crippen molar-refractivity contribution in [2.45, 2.75) is 49.6 Å². The van der Waals surface area contributed by atoms with Crippen molar-refractivity contribution in [1.29, 1.82) is 0 Å². The molecular weight excluding hydrogens is 300 g/mol. The Labute approximate surface area is 132 Å². The van der Waals surface area contributed by atoms with E-state index in [1.54, 1.807) is 12.1 Å². The number of likely N-dealkylation sites (tertiary alicyclic amines) is 1. The van der Waals surface area contributed by atoms with Crippen LogP contribution in [0.3, 0.4) is 0 Å². The molecule has 3 rings (SSSR count). The van der Waals surface area contributed by atoms with Crippen LogP contribution in [0.4, 0.5) is 0 Å². The summed E-state index contributed by atoms with van der Waals surface area (Å²) in [6.07, 6.45) is 4.36. The third-order valence-electron chi connectivity index (χ3n) is 4.52.